The van der Waals surface area contributed by atoms with Crippen molar-refractivity contribution in [2.24, 2.45) is 0 Å². The Morgan fingerprint density at radius 2 is 2.15 bits per heavy atom. The third-order valence-corrected chi connectivity index (χ3v) is 2.95. The predicted molar refractivity (Wildman–Crippen MR) is 53.4 cm³/mol. The highest BCUT2D eigenvalue weighted by Gasteiger charge is 2.12. The Morgan fingerprint density at radius 1 is 1.54 bits per heavy atom. The zero-order valence-corrected chi connectivity index (χ0v) is 8.89. The minimum atomic E-state index is -2.64. The lowest BCUT2D eigenvalue weighted by Crippen LogP contribution is -2.04. The van der Waals surface area contributed by atoms with Gasteiger partial charge in [0.05, 0.1) is 20.3 Å². The average molecular weight is 198 g/mol. The van der Waals surface area contributed by atoms with Crippen LogP contribution in [-0.2, 0) is 9.73 Å². The summed E-state index contributed by atoms with van der Waals surface area (Å²) in [5.74, 6) is 0.210. The number of pyridine rings is 1. The summed E-state index contributed by atoms with van der Waals surface area (Å²) in [6.07, 6.45) is 3.10. The van der Waals surface area contributed by atoms with E-state index in [0.717, 1.165) is 5.69 Å². The van der Waals surface area contributed by atoms with Crippen molar-refractivity contribution in [1.82, 2.24) is 4.98 Å². The van der Waals surface area contributed by atoms with Crippen LogP contribution in [0.25, 0.3) is 0 Å². The number of aromatic nitrogens is 1. The lowest BCUT2D eigenvalue weighted by molar-refractivity contribution is 0.674. The minimum absolute atomic E-state index is 0.210. The molecule has 0 radical (unpaired) electrons. The Morgan fingerprint density at radius 3 is 2.54 bits per heavy atom. The van der Waals surface area contributed by atoms with Gasteiger partial charge in [-0.25, -0.2) is 8.99 Å². The first-order chi connectivity index (χ1) is 5.93. The second-order valence-corrected chi connectivity index (χ2v) is 5.51. The van der Waals surface area contributed by atoms with Crippen molar-refractivity contribution in [3.05, 3.63) is 24.0 Å². The molecule has 1 atom stereocenters. The van der Waals surface area contributed by atoms with Crippen LogP contribution in [-0.4, -0.2) is 15.4 Å². The Balaban J connectivity index is 3.37. The quantitative estimate of drug-likeness (QED) is 0.792. The largest absolute Gasteiger partial charge is 0.260 e. The first kappa shape index (κ1) is 10.2. The van der Waals surface area contributed by atoms with Crippen molar-refractivity contribution in [3.63, 3.8) is 0 Å². The van der Waals surface area contributed by atoms with Crippen molar-refractivity contribution in [1.29, 1.82) is 4.78 Å². The molecule has 0 spiro atoms. The van der Waals surface area contributed by atoms with Crippen LogP contribution in [0, 0.1) is 4.78 Å². The van der Waals surface area contributed by atoms with Gasteiger partial charge in [0, 0.05) is 12.5 Å². The molecule has 0 aliphatic rings. The maximum absolute atomic E-state index is 11.5. The third kappa shape index (κ3) is 2.28. The number of hydrogen-bond acceptors (Lipinski definition) is 3. The molecule has 1 N–H and O–H groups in total. The maximum Gasteiger partial charge on any atom is 0.0715 e. The number of hydrogen-bond donors (Lipinski definition) is 1. The molecule has 4 heteroatoms. The first-order valence-electron chi connectivity index (χ1n) is 4.11. The van der Waals surface area contributed by atoms with E-state index in [0.29, 0.717) is 4.90 Å². The summed E-state index contributed by atoms with van der Waals surface area (Å²) in [4.78, 5) is 4.71. The van der Waals surface area contributed by atoms with Crippen LogP contribution in [0.5, 0.6) is 0 Å². The van der Waals surface area contributed by atoms with Gasteiger partial charge in [-0.1, -0.05) is 13.8 Å². The highest BCUT2D eigenvalue weighted by Crippen LogP contribution is 2.20. The minimum Gasteiger partial charge on any atom is -0.260 e. The van der Waals surface area contributed by atoms with Gasteiger partial charge in [0.25, 0.3) is 0 Å². The monoisotopic (exact) mass is 198 g/mol. The summed E-state index contributed by atoms with van der Waals surface area (Å²) in [6.45, 7) is 3.97. The van der Waals surface area contributed by atoms with Crippen molar-refractivity contribution in [2.75, 3.05) is 6.26 Å². The van der Waals surface area contributed by atoms with Crippen LogP contribution in [0.3, 0.4) is 0 Å². The predicted octanol–water partition coefficient (Wildman–Crippen LogP) is 2.24. The fourth-order valence-corrected chi connectivity index (χ4v) is 2.19. The van der Waals surface area contributed by atoms with E-state index in [9.17, 15) is 4.21 Å². The molecule has 1 rings (SSSR count). The molecule has 0 saturated carbocycles. The molecule has 0 aliphatic carbocycles. The third-order valence-electron chi connectivity index (χ3n) is 1.77. The van der Waals surface area contributed by atoms with E-state index in [1.807, 2.05) is 13.8 Å². The zero-order chi connectivity index (χ0) is 10.1. The molecular formula is C9H14N2OS. The second kappa shape index (κ2) is 3.46. The van der Waals surface area contributed by atoms with Gasteiger partial charge in [0.15, 0.2) is 0 Å². The van der Waals surface area contributed by atoms with Gasteiger partial charge < -0.3 is 0 Å². The normalized spacial score (nSPS) is 15.7. The van der Waals surface area contributed by atoms with Crippen molar-refractivity contribution in [2.45, 2.75) is 24.7 Å². The summed E-state index contributed by atoms with van der Waals surface area (Å²) in [5, 5.41) is 0. The summed E-state index contributed by atoms with van der Waals surface area (Å²) in [5.41, 5.74) is 0.769. The van der Waals surface area contributed by atoms with E-state index in [2.05, 4.69) is 4.98 Å². The molecule has 3 nitrogen and oxygen atoms in total. The van der Waals surface area contributed by atoms with Crippen LogP contribution >= 0.6 is 0 Å². The number of nitrogens with zero attached hydrogens (tertiary/aromatic N) is 1. The molecule has 1 heterocycles. The van der Waals surface area contributed by atoms with Crippen LogP contribution in [0.1, 0.15) is 25.5 Å². The summed E-state index contributed by atoms with van der Waals surface area (Å²) >= 11 is 0. The molecule has 0 bridgehead atoms. The van der Waals surface area contributed by atoms with Gasteiger partial charge in [0.1, 0.15) is 0 Å². The van der Waals surface area contributed by atoms with Crippen LogP contribution in [0.15, 0.2) is 23.2 Å². The summed E-state index contributed by atoms with van der Waals surface area (Å²) in [7, 11) is -2.64. The van der Waals surface area contributed by atoms with E-state index in [4.69, 9.17) is 4.78 Å². The Kier molecular flexibility index (Phi) is 2.71. The van der Waals surface area contributed by atoms with Crippen LogP contribution in [0.4, 0.5) is 0 Å². The molecule has 1 aromatic rings. The fourth-order valence-electron chi connectivity index (χ4n) is 1.17. The van der Waals surface area contributed by atoms with Gasteiger partial charge >= 0.3 is 0 Å². The lowest BCUT2D eigenvalue weighted by atomic mass is 10.1. The van der Waals surface area contributed by atoms with E-state index < -0.39 is 9.73 Å². The Hall–Kier alpha value is -0.900. The molecule has 0 aliphatic heterocycles. The van der Waals surface area contributed by atoms with Gasteiger partial charge in [-0.3, -0.25) is 4.98 Å². The summed E-state index contributed by atoms with van der Waals surface area (Å²) in [6, 6.07) is 3.44. The Labute approximate surface area is 79.2 Å². The van der Waals surface area contributed by atoms with E-state index >= 15 is 0 Å². The Bertz CT molecular complexity index is 396. The van der Waals surface area contributed by atoms with Crippen LogP contribution in [0.2, 0.25) is 0 Å². The second-order valence-electron chi connectivity index (χ2n) is 3.39. The van der Waals surface area contributed by atoms with E-state index in [-0.39, 0.29) is 5.92 Å². The topological polar surface area (TPSA) is 53.8 Å². The molecule has 0 unspecified atom stereocenters. The molecule has 0 saturated heterocycles. The van der Waals surface area contributed by atoms with Crippen molar-refractivity contribution < 1.29 is 4.21 Å². The molecule has 0 aromatic carbocycles. The number of rotatable bonds is 2. The molecule has 13 heavy (non-hydrogen) atoms. The molecule has 0 fully saturated rings. The van der Waals surface area contributed by atoms with E-state index in [1.54, 1.807) is 18.3 Å². The fraction of sp³-hybridized carbons (Fsp3) is 0.444. The van der Waals surface area contributed by atoms with Crippen LogP contribution < -0.4 is 0 Å². The lowest BCUT2D eigenvalue weighted by Gasteiger charge is -2.10. The van der Waals surface area contributed by atoms with Crippen molar-refractivity contribution in [3.8, 4) is 0 Å². The highest BCUT2D eigenvalue weighted by molar-refractivity contribution is 7.91. The van der Waals surface area contributed by atoms with Gasteiger partial charge in [0.2, 0.25) is 0 Å². The van der Waals surface area contributed by atoms with Gasteiger partial charge in [-0.15, -0.1) is 0 Å². The van der Waals surface area contributed by atoms with Crippen molar-refractivity contribution >= 4 is 9.73 Å². The van der Waals surface area contributed by atoms with E-state index in [1.165, 1.54) is 6.26 Å². The highest BCUT2D eigenvalue weighted by atomic mass is 32.2. The molecule has 1 aromatic heterocycles. The molecule has 0 amide bonds. The summed E-state index contributed by atoms with van der Waals surface area (Å²) < 4.78 is 19.0. The zero-order valence-electron chi connectivity index (χ0n) is 8.07. The standard InChI is InChI=1S/C9H14N2OS/c1-7(2)9-8(13(3,10)12)5-4-6-11-9/h4-7,10H,1-3H3/t13-/m0/s1. The first-order valence-corrected chi connectivity index (χ1v) is 6.08. The maximum atomic E-state index is 11.5. The SMILES string of the molecule is CC(C)c1ncccc1[S@@](C)(=N)=O. The smallest absolute Gasteiger partial charge is 0.0715 e. The average Bonchev–Trinajstić information content (AvgIpc) is 2.03. The van der Waals surface area contributed by atoms with Gasteiger partial charge in [-0.05, 0) is 18.1 Å². The van der Waals surface area contributed by atoms with Gasteiger partial charge in [-0.2, -0.15) is 0 Å². The number of nitrogens with one attached hydrogen (secondary N) is 1. The molecule has 72 valence electrons. The molecular weight excluding hydrogens is 184 g/mol.